The summed E-state index contributed by atoms with van der Waals surface area (Å²) in [5, 5.41) is 0. The Morgan fingerprint density at radius 2 is 2.00 bits per heavy atom. The maximum Gasteiger partial charge on any atom is 0.107 e. The Kier molecular flexibility index (Phi) is 19.5. The molecule has 0 aliphatic heterocycles. The van der Waals surface area contributed by atoms with Crippen LogP contribution in [-0.2, 0) is 0 Å². The Labute approximate surface area is 63.1 Å². The number of unbranched alkanes of at least 4 members (excludes halogenated alkanes) is 2. The molecule has 0 saturated carbocycles. The molecule has 0 heterocycles. The van der Waals surface area contributed by atoms with Crippen LogP contribution in [0.15, 0.2) is 12.7 Å². The molecule has 10 heavy (non-hydrogen) atoms. The third-order valence-corrected chi connectivity index (χ3v) is 0.917. The molecule has 0 aliphatic carbocycles. The van der Waals surface area contributed by atoms with Gasteiger partial charge in [0.15, 0.2) is 0 Å². The van der Waals surface area contributed by atoms with E-state index in [-0.39, 0.29) is 0 Å². The minimum Gasteiger partial charge on any atom is -0.330 e. The summed E-state index contributed by atoms with van der Waals surface area (Å²) >= 11 is 0. The van der Waals surface area contributed by atoms with Crippen molar-refractivity contribution in [3.63, 3.8) is 0 Å². The molecule has 0 aromatic rings. The zero-order chi connectivity index (χ0) is 8.24. The van der Waals surface area contributed by atoms with Crippen molar-refractivity contribution >= 4 is 0 Å². The van der Waals surface area contributed by atoms with Crippen molar-refractivity contribution in [3.8, 4) is 0 Å². The number of rotatable bonds is 4. The van der Waals surface area contributed by atoms with Crippen LogP contribution in [0.5, 0.6) is 0 Å². The molecule has 0 amide bonds. The highest BCUT2D eigenvalue weighted by molar-refractivity contribution is 4.61. The van der Waals surface area contributed by atoms with Gasteiger partial charge in [-0.05, 0) is 13.0 Å². The monoisotopic (exact) mass is 147 g/mol. The van der Waals surface area contributed by atoms with Crippen LogP contribution >= 0.6 is 0 Å². The summed E-state index contributed by atoms with van der Waals surface area (Å²) in [5.41, 5.74) is 5.21. The molecular formula is C8H18FN. The van der Waals surface area contributed by atoms with Crippen LogP contribution in [0.25, 0.3) is 0 Å². The molecule has 0 aliphatic rings. The molecule has 0 saturated heterocycles. The van der Waals surface area contributed by atoms with Crippen LogP contribution in [0.2, 0.25) is 0 Å². The summed E-state index contributed by atoms with van der Waals surface area (Å²) in [6, 6.07) is 0. The van der Waals surface area contributed by atoms with Crippen LogP contribution in [-0.4, -0.2) is 13.2 Å². The molecular weight excluding hydrogens is 129 g/mol. The van der Waals surface area contributed by atoms with E-state index in [4.69, 9.17) is 5.73 Å². The largest absolute Gasteiger partial charge is 0.330 e. The first-order valence-electron chi connectivity index (χ1n) is 3.70. The average Bonchev–Trinajstić information content (AvgIpc) is 2.01. The highest BCUT2D eigenvalue weighted by Gasteiger charge is 1.75. The van der Waals surface area contributed by atoms with Gasteiger partial charge in [0.05, 0.1) is 0 Å². The van der Waals surface area contributed by atoms with Crippen LogP contribution in [0, 0.1) is 0 Å². The third kappa shape index (κ3) is 25.5. The summed E-state index contributed by atoms with van der Waals surface area (Å²) in [7, 11) is 0. The van der Waals surface area contributed by atoms with E-state index in [9.17, 15) is 4.39 Å². The quantitative estimate of drug-likeness (QED) is 0.479. The lowest BCUT2D eigenvalue weighted by Crippen LogP contribution is -1.96. The first-order valence-corrected chi connectivity index (χ1v) is 3.70. The number of halogens is 1. The average molecular weight is 147 g/mol. The Morgan fingerprint density at radius 1 is 1.50 bits per heavy atom. The first-order chi connectivity index (χ1) is 4.83. The van der Waals surface area contributed by atoms with Crippen molar-refractivity contribution in [1.29, 1.82) is 0 Å². The fraction of sp³-hybridized carbons (Fsp3) is 0.750. The Hall–Kier alpha value is -0.370. The van der Waals surface area contributed by atoms with E-state index in [2.05, 4.69) is 13.5 Å². The SMILES string of the molecule is C=CCF.CCCCCN. The highest BCUT2D eigenvalue weighted by atomic mass is 19.1. The molecule has 0 spiro atoms. The van der Waals surface area contributed by atoms with E-state index in [1.54, 1.807) is 0 Å². The highest BCUT2D eigenvalue weighted by Crippen LogP contribution is 1.88. The number of hydrogen-bond donors (Lipinski definition) is 1. The van der Waals surface area contributed by atoms with Gasteiger partial charge in [-0.15, -0.1) is 6.58 Å². The van der Waals surface area contributed by atoms with Crippen LogP contribution in [0.3, 0.4) is 0 Å². The van der Waals surface area contributed by atoms with Gasteiger partial charge in [-0.2, -0.15) is 0 Å². The standard InChI is InChI=1S/C5H13N.C3H5F/c1-2-3-4-5-6;1-2-3-4/h2-6H2,1H3;2H,1,3H2. The van der Waals surface area contributed by atoms with E-state index >= 15 is 0 Å². The summed E-state index contributed by atoms with van der Waals surface area (Å²) in [5.74, 6) is 0. The van der Waals surface area contributed by atoms with E-state index in [1.807, 2.05) is 0 Å². The minimum absolute atomic E-state index is 0.417. The lowest BCUT2D eigenvalue weighted by Gasteiger charge is -1.86. The fourth-order valence-corrected chi connectivity index (χ4v) is 0.394. The summed E-state index contributed by atoms with van der Waals surface area (Å²) < 4.78 is 10.6. The molecule has 62 valence electrons. The van der Waals surface area contributed by atoms with Crippen molar-refractivity contribution in [2.45, 2.75) is 26.2 Å². The van der Waals surface area contributed by atoms with Crippen molar-refractivity contribution in [3.05, 3.63) is 12.7 Å². The predicted molar refractivity (Wildman–Crippen MR) is 44.8 cm³/mol. The predicted octanol–water partition coefficient (Wildman–Crippen LogP) is 2.28. The molecule has 0 aromatic heterocycles. The lowest BCUT2D eigenvalue weighted by molar-refractivity contribution is 0.562. The minimum atomic E-state index is -0.417. The lowest BCUT2D eigenvalue weighted by atomic mass is 10.3. The molecule has 0 fully saturated rings. The molecule has 1 nitrogen and oxygen atoms in total. The van der Waals surface area contributed by atoms with Crippen molar-refractivity contribution in [2.75, 3.05) is 13.2 Å². The molecule has 0 radical (unpaired) electrons. The maximum absolute atomic E-state index is 10.6. The van der Waals surface area contributed by atoms with Crippen LogP contribution in [0.1, 0.15) is 26.2 Å². The Morgan fingerprint density at radius 3 is 2.10 bits per heavy atom. The zero-order valence-electron chi connectivity index (χ0n) is 6.78. The number of nitrogens with two attached hydrogens (primary N) is 1. The zero-order valence-corrected chi connectivity index (χ0v) is 6.78. The van der Waals surface area contributed by atoms with Crippen molar-refractivity contribution in [1.82, 2.24) is 0 Å². The summed E-state index contributed by atoms with van der Waals surface area (Å²) in [6.45, 7) is 5.72. The second-order valence-electron chi connectivity index (χ2n) is 1.94. The topological polar surface area (TPSA) is 26.0 Å². The summed E-state index contributed by atoms with van der Waals surface area (Å²) in [6.07, 6.45) is 4.96. The number of alkyl halides is 1. The van der Waals surface area contributed by atoms with Crippen molar-refractivity contribution < 1.29 is 4.39 Å². The Bertz CT molecular complexity index is 51.2. The van der Waals surface area contributed by atoms with Crippen LogP contribution < -0.4 is 5.73 Å². The van der Waals surface area contributed by atoms with E-state index in [0.29, 0.717) is 0 Å². The molecule has 0 bridgehead atoms. The van der Waals surface area contributed by atoms with Gasteiger partial charge in [0.2, 0.25) is 0 Å². The van der Waals surface area contributed by atoms with Gasteiger partial charge < -0.3 is 5.73 Å². The number of hydrogen-bond acceptors (Lipinski definition) is 1. The molecule has 0 atom stereocenters. The molecule has 0 rings (SSSR count). The van der Waals surface area contributed by atoms with Crippen molar-refractivity contribution in [2.24, 2.45) is 5.73 Å². The normalized spacial score (nSPS) is 7.90. The third-order valence-electron chi connectivity index (χ3n) is 0.917. The van der Waals surface area contributed by atoms with Gasteiger partial charge in [-0.1, -0.05) is 25.8 Å². The second-order valence-corrected chi connectivity index (χ2v) is 1.94. The van der Waals surface area contributed by atoms with E-state index < -0.39 is 6.67 Å². The molecule has 0 unspecified atom stereocenters. The van der Waals surface area contributed by atoms with Gasteiger partial charge >= 0.3 is 0 Å². The Balaban J connectivity index is 0. The van der Waals surface area contributed by atoms with Gasteiger partial charge in [-0.25, -0.2) is 4.39 Å². The van der Waals surface area contributed by atoms with Crippen LogP contribution in [0.4, 0.5) is 4.39 Å². The molecule has 2 N–H and O–H groups in total. The first kappa shape index (κ1) is 12.3. The summed E-state index contributed by atoms with van der Waals surface area (Å²) in [4.78, 5) is 0. The van der Waals surface area contributed by atoms with E-state index in [0.717, 1.165) is 6.54 Å². The van der Waals surface area contributed by atoms with Gasteiger partial charge in [0.25, 0.3) is 0 Å². The number of allylic oxidation sites excluding steroid dienone is 1. The maximum atomic E-state index is 10.6. The molecule has 2 heteroatoms. The second kappa shape index (κ2) is 15.9. The smallest absolute Gasteiger partial charge is 0.107 e. The van der Waals surface area contributed by atoms with Gasteiger partial charge in [-0.3, -0.25) is 0 Å². The fourth-order valence-electron chi connectivity index (χ4n) is 0.394. The molecule has 0 aromatic carbocycles. The van der Waals surface area contributed by atoms with E-state index in [1.165, 1.54) is 25.3 Å². The van der Waals surface area contributed by atoms with Gasteiger partial charge in [0.1, 0.15) is 6.67 Å². The van der Waals surface area contributed by atoms with Gasteiger partial charge in [0, 0.05) is 0 Å².